The third kappa shape index (κ3) is 12.8. The predicted octanol–water partition coefficient (Wildman–Crippen LogP) is 4.50. The molecule has 0 unspecified atom stereocenters. The van der Waals surface area contributed by atoms with Crippen LogP contribution in [0.2, 0.25) is 0 Å². The van der Waals surface area contributed by atoms with Crippen molar-refractivity contribution in [1.29, 1.82) is 0 Å². The number of nitrogens with zero attached hydrogens (tertiary/aromatic N) is 3. The molecule has 12 nitrogen and oxygen atoms in total. The lowest BCUT2D eigenvalue weighted by molar-refractivity contribution is -0.00891. The van der Waals surface area contributed by atoms with Gasteiger partial charge in [0.15, 0.2) is 5.60 Å². The zero-order valence-electron chi connectivity index (χ0n) is 28.4. The summed E-state index contributed by atoms with van der Waals surface area (Å²) in [6, 6.07) is 22.8. The Morgan fingerprint density at radius 2 is 0.857 bits per heavy atom. The van der Waals surface area contributed by atoms with Gasteiger partial charge in [-0.25, -0.2) is 0 Å². The Balaban J connectivity index is 1.48. The molecule has 4 rings (SSSR count). The summed E-state index contributed by atoms with van der Waals surface area (Å²) in [7, 11) is 3.28. The summed E-state index contributed by atoms with van der Waals surface area (Å²) in [6.07, 6.45) is 5.21. The fourth-order valence-electron chi connectivity index (χ4n) is 4.77. The first-order valence-corrected chi connectivity index (χ1v) is 16.3. The van der Waals surface area contributed by atoms with Crippen molar-refractivity contribution in [3.8, 4) is 11.5 Å². The average Bonchev–Trinajstić information content (AvgIpc) is 3.15. The van der Waals surface area contributed by atoms with E-state index in [0.717, 1.165) is 5.56 Å². The fourth-order valence-corrected chi connectivity index (χ4v) is 4.77. The van der Waals surface area contributed by atoms with Crippen LogP contribution in [0.4, 0.5) is 0 Å². The number of ether oxygens (including phenoxy) is 9. The van der Waals surface area contributed by atoms with Crippen molar-refractivity contribution >= 4 is 0 Å². The van der Waals surface area contributed by atoms with Crippen LogP contribution in [0.5, 0.6) is 11.5 Å². The van der Waals surface area contributed by atoms with Crippen LogP contribution in [-0.2, 0) is 45.4 Å². The molecule has 0 N–H and O–H groups in total. The maximum atomic E-state index is 6.89. The molecule has 3 aromatic heterocycles. The van der Waals surface area contributed by atoms with E-state index < -0.39 is 5.60 Å². The van der Waals surface area contributed by atoms with E-state index in [2.05, 4.69) is 0 Å². The molecule has 0 amide bonds. The minimum Gasteiger partial charge on any atom is -0.491 e. The molecule has 0 bridgehead atoms. The van der Waals surface area contributed by atoms with Gasteiger partial charge in [0.25, 0.3) is 0 Å². The van der Waals surface area contributed by atoms with Gasteiger partial charge in [-0.3, -0.25) is 15.0 Å². The van der Waals surface area contributed by atoms with Gasteiger partial charge in [0, 0.05) is 38.9 Å². The van der Waals surface area contributed by atoms with Crippen molar-refractivity contribution in [2.24, 2.45) is 0 Å². The summed E-state index contributed by atoms with van der Waals surface area (Å²) in [5.41, 5.74) is 1.59. The van der Waals surface area contributed by atoms with Crippen molar-refractivity contribution in [3.05, 3.63) is 114 Å². The number of aromatic nitrogens is 3. The van der Waals surface area contributed by atoms with Gasteiger partial charge in [0.1, 0.15) is 24.7 Å². The van der Waals surface area contributed by atoms with Crippen molar-refractivity contribution in [2.75, 3.05) is 93.5 Å². The number of benzene rings is 1. The van der Waals surface area contributed by atoms with E-state index in [-0.39, 0.29) is 6.61 Å². The molecule has 1 aromatic carbocycles. The Morgan fingerprint density at radius 1 is 0.469 bits per heavy atom. The number of hydrogen-bond donors (Lipinski definition) is 0. The van der Waals surface area contributed by atoms with Gasteiger partial charge in [-0.1, -0.05) is 18.2 Å². The zero-order valence-corrected chi connectivity index (χ0v) is 28.4. The highest BCUT2D eigenvalue weighted by molar-refractivity contribution is 5.41. The largest absolute Gasteiger partial charge is 0.491 e. The second-order valence-corrected chi connectivity index (χ2v) is 10.6. The highest BCUT2D eigenvalue weighted by atomic mass is 16.6. The predicted molar refractivity (Wildman–Crippen MR) is 182 cm³/mol. The van der Waals surface area contributed by atoms with Crippen LogP contribution in [-0.4, -0.2) is 108 Å². The minimum atomic E-state index is -1.19. The molecule has 0 aliphatic rings. The standard InChI is InChI=1S/C37H47N3O9/c1-41-15-17-43-19-21-45-23-25-47-32-27-31(28-33(29-32)48-26-24-46-22-20-44-18-16-42-2)30-49-37(34-9-3-6-12-38-34,35-10-4-7-13-39-35)36-11-5-8-14-40-36/h3-14,27-29H,15-26,30H2,1-2H3. The van der Waals surface area contributed by atoms with Gasteiger partial charge in [0.05, 0.1) is 89.8 Å². The van der Waals surface area contributed by atoms with Gasteiger partial charge in [-0.05, 0) is 54.1 Å². The van der Waals surface area contributed by atoms with Crippen LogP contribution in [0.15, 0.2) is 91.4 Å². The summed E-state index contributed by atoms with van der Waals surface area (Å²) in [4.78, 5) is 14.1. The van der Waals surface area contributed by atoms with Crippen LogP contribution in [0, 0.1) is 0 Å². The molecular weight excluding hydrogens is 630 g/mol. The van der Waals surface area contributed by atoms with Crippen molar-refractivity contribution in [3.63, 3.8) is 0 Å². The van der Waals surface area contributed by atoms with E-state index in [9.17, 15) is 0 Å². The third-order valence-corrected chi connectivity index (χ3v) is 7.07. The molecule has 12 heteroatoms. The number of hydrogen-bond acceptors (Lipinski definition) is 12. The first-order chi connectivity index (χ1) is 24.3. The molecule has 264 valence electrons. The smallest absolute Gasteiger partial charge is 0.194 e. The van der Waals surface area contributed by atoms with Crippen molar-refractivity contribution in [1.82, 2.24) is 15.0 Å². The summed E-state index contributed by atoms with van der Waals surface area (Å²) in [6.45, 7) is 5.70. The molecule has 3 heterocycles. The molecule has 4 aromatic rings. The minimum absolute atomic E-state index is 0.169. The van der Waals surface area contributed by atoms with Gasteiger partial charge in [0.2, 0.25) is 0 Å². The second-order valence-electron chi connectivity index (χ2n) is 10.6. The van der Waals surface area contributed by atoms with Crippen LogP contribution >= 0.6 is 0 Å². The average molecular weight is 678 g/mol. The first-order valence-electron chi connectivity index (χ1n) is 16.3. The Hall–Kier alpha value is -4.01. The zero-order chi connectivity index (χ0) is 34.2. The fraction of sp³-hybridized carbons (Fsp3) is 0.432. The topological polar surface area (TPSA) is 122 Å². The quantitative estimate of drug-likeness (QED) is 0.0871. The van der Waals surface area contributed by atoms with E-state index in [1.54, 1.807) is 32.8 Å². The number of methoxy groups -OCH3 is 2. The lowest BCUT2D eigenvalue weighted by Crippen LogP contribution is -2.35. The molecule has 0 aliphatic heterocycles. The first kappa shape index (κ1) is 37.8. The lowest BCUT2D eigenvalue weighted by Gasteiger charge is -2.32. The van der Waals surface area contributed by atoms with E-state index in [1.807, 2.05) is 72.8 Å². The Kier molecular flexibility index (Phi) is 17.4. The van der Waals surface area contributed by atoms with Gasteiger partial charge >= 0.3 is 0 Å². The summed E-state index contributed by atoms with van der Waals surface area (Å²) in [5, 5.41) is 0. The van der Waals surface area contributed by atoms with Crippen LogP contribution in [0.3, 0.4) is 0 Å². The van der Waals surface area contributed by atoms with Crippen LogP contribution in [0.1, 0.15) is 22.6 Å². The van der Waals surface area contributed by atoms with Crippen LogP contribution in [0.25, 0.3) is 0 Å². The Morgan fingerprint density at radius 3 is 1.22 bits per heavy atom. The summed E-state index contributed by atoms with van der Waals surface area (Å²) >= 11 is 0. The van der Waals surface area contributed by atoms with Gasteiger partial charge in [-0.2, -0.15) is 0 Å². The van der Waals surface area contributed by atoms with Gasteiger partial charge in [-0.15, -0.1) is 0 Å². The summed E-state index contributed by atoms with van der Waals surface area (Å²) in [5.74, 6) is 1.23. The maximum Gasteiger partial charge on any atom is 0.194 e. The number of rotatable bonds is 26. The molecule has 0 saturated heterocycles. The monoisotopic (exact) mass is 677 g/mol. The normalized spacial score (nSPS) is 11.5. The molecule has 0 spiro atoms. The van der Waals surface area contributed by atoms with Crippen molar-refractivity contribution in [2.45, 2.75) is 12.2 Å². The van der Waals surface area contributed by atoms with E-state index in [4.69, 9.17) is 57.6 Å². The van der Waals surface area contributed by atoms with Crippen molar-refractivity contribution < 1.29 is 42.6 Å². The summed E-state index contributed by atoms with van der Waals surface area (Å²) < 4.78 is 51.3. The molecule has 0 atom stereocenters. The van der Waals surface area contributed by atoms with E-state index in [1.165, 1.54) is 0 Å². The molecular formula is C37H47N3O9. The SMILES string of the molecule is COCCOCCOCCOc1cc(COC(c2ccccn2)(c2ccccn2)c2ccccn2)cc(OCCOCCOCCOC)c1. The molecule has 49 heavy (non-hydrogen) atoms. The van der Waals surface area contributed by atoms with Crippen LogP contribution < -0.4 is 9.47 Å². The Labute approximate surface area is 288 Å². The Bertz CT molecular complexity index is 1280. The lowest BCUT2D eigenvalue weighted by atomic mass is 9.89. The number of pyridine rings is 3. The maximum absolute atomic E-state index is 6.89. The van der Waals surface area contributed by atoms with Gasteiger partial charge < -0.3 is 42.6 Å². The highest BCUT2D eigenvalue weighted by Gasteiger charge is 2.42. The molecule has 0 radical (unpaired) electrons. The van der Waals surface area contributed by atoms with E-state index in [0.29, 0.717) is 108 Å². The molecule has 0 saturated carbocycles. The highest BCUT2D eigenvalue weighted by Crippen LogP contribution is 2.38. The second kappa shape index (κ2) is 22.6. The molecule has 0 fully saturated rings. The van der Waals surface area contributed by atoms with E-state index >= 15 is 0 Å². The third-order valence-electron chi connectivity index (χ3n) is 7.07. The molecule has 0 aliphatic carbocycles.